The highest BCUT2D eigenvalue weighted by Crippen LogP contribution is 2.28. The van der Waals surface area contributed by atoms with Gasteiger partial charge in [0.1, 0.15) is 0 Å². The summed E-state index contributed by atoms with van der Waals surface area (Å²) in [4.78, 5) is 8.14. The molecule has 0 radical (unpaired) electrons. The number of hydrogen-bond donors (Lipinski definition) is 1. The standard InChI is InChI=1S/C15H20BrN3S/c1-3-6-13-14(9-17)20-15(18-13)19(2)10-11-7-4-5-8-12(11)16/h4-5,7-8H,3,6,9-10,17H2,1-2H3. The minimum Gasteiger partial charge on any atom is -0.347 e. The average Bonchev–Trinajstić information content (AvgIpc) is 2.85. The molecule has 0 bridgehead atoms. The van der Waals surface area contributed by atoms with Gasteiger partial charge in [0.05, 0.1) is 5.69 Å². The molecular weight excluding hydrogens is 334 g/mol. The zero-order valence-electron chi connectivity index (χ0n) is 11.9. The maximum atomic E-state index is 5.82. The number of nitrogens with zero attached hydrogens (tertiary/aromatic N) is 2. The summed E-state index contributed by atoms with van der Waals surface area (Å²) < 4.78 is 1.14. The lowest BCUT2D eigenvalue weighted by molar-refractivity contribution is 0.854. The summed E-state index contributed by atoms with van der Waals surface area (Å²) in [6, 6.07) is 8.29. The third-order valence-corrected chi connectivity index (χ3v) is 5.14. The van der Waals surface area contributed by atoms with Crippen LogP contribution in [0.5, 0.6) is 0 Å². The molecule has 5 heteroatoms. The summed E-state index contributed by atoms with van der Waals surface area (Å²) >= 11 is 5.30. The third kappa shape index (κ3) is 3.59. The molecule has 0 aliphatic carbocycles. The SMILES string of the molecule is CCCc1nc(N(C)Cc2ccccc2Br)sc1CN. The Morgan fingerprint density at radius 2 is 2.10 bits per heavy atom. The number of benzene rings is 1. The summed E-state index contributed by atoms with van der Waals surface area (Å²) in [6.07, 6.45) is 2.11. The molecule has 3 nitrogen and oxygen atoms in total. The van der Waals surface area contributed by atoms with Gasteiger partial charge in [-0.25, -0.2) is 4.98 Å². The van der Waals surface area contributed by atoms with Gasteiger partial charge < -0.3 is 10.6 Å². The zero-order valence-corrected chi connectivity index (χ0v) is 14.3. The molecule has 2 rings (SSSR count). The van der Waals surface area contributed by atoms with Crippen molar-refractivity contribution in [2.45, 2.75) is 32.9 Å². The molecule has 0 amide bonds. The van der Waals surface area contributed by atoms with Crippen molar-refractivity contribution in [3.63, 3.8) is 0 Å². The Labute approximate surface area is 133 Å². The molecule has 108 valence electrons. The second kappa shape index (κ2) is 7.20. The van der Waals surface area contributed by atoms with Gasteiger partial charge >= 0.3 is 0 Å². The van der Waals surface area contributed by atoms with Crippen LogP contribution in [0.2, 0.25) is 0 Å². The molecule has 2 aromatic rings. The Morgan fingerprint density at radius 1 is 1.35 bits per heavy atom. The minimum atomic E-state index is 0.579. The summed E-state index contributed by atoms with van der Waals surface area (Å²) in [5, 5.41) is 1.05. The quantitative estimate of drug-likeness (QED) is 0.854. The van der Waals surface area contributed by atoms with Crippen LogP contribution in [-0.2, 0) is 19.5 Å². The lowest BCUT2D eigenvalue weighted by Gasteiger charge is -2.16. The predicted molar refractivity (Wildman–Crippen MR) is 90.2 cm³/mol. The summed E-state index contributed by atoms with van der Waals surface area (Å²) in [5.41, 5.74) is 8.24. The van der Waals surface area contributed by atoms with Crippen LogP contribution in [0, 0.1) is 0 Å². The first-order valence-electron chi connectivity index (χ1n) is 6.78. The van der Waals surface area contributed by atoms with Crippen molar-refractivity contribution in [3.8, 4) is 0 Å². The summed E-state index contributed by atoms with van der Waals surface area (Å²) in [6.45, 7) is 3.59. The van der Waals surface area contributed by atoms with Crippen molar-refractivity contribution in [2.24, 2.45) is 5.73 Å². The smallest absolute Gasteiger partial charge is 0.185 e. The van der Waals surface area contributed by atoms with Gasteiger partial charge in [-0.2, -0.15) is 0 Å². The Balaban J connectivity index is 2.17. The highest BCUT2D eigenvalue weighted by Gasteiger charge is 2.13. The van der Waals surface area contributed by atoms with Crippen LogP contribution in [0.1, 0.15) is 29.5 Å². The van der Waals surface area contributed by atoms with Crippen molar-refractivity contribution in [1.82, 2.24) is 4.98 Å². The first-order chi connectivity index (χ1) is 9.65. The van der Waals surface area contributed by atoms with Gasteiger partial charge in [0.25, 0.3) is 0 Å². The fraction of sp³-hybridized carbons (Fsp3) is 0.400. The van der Waals surface area contributed by atoms with Crippen molar-refractivity contribution in [1.29, 1.82) is 0 Å². The van der Waals surface area contributed by atoms with E-state index in [1.807, 2.05) is 6.07 Å². The van der Waals surface area contributed by atoms with Gasteiger partial charge in [0, 0.05) is 29.5 Å². The van der Waals surface area contributed by atoms with Crippen LogP contribution >= 0.6 is 27.3 Å². The first kappa shape index (κ1) is 15.5. The molecule has 0 fully saturated rings. The Morgan fingerprint density at radius 3 is 2.75 bits per heavy atom. The maximum absolute atomic E-state index is 5.82. The van der Waals surface area contributed by atoms with Gasteiger partial charge in [-0.1, -0.05) is 47.5 Å². The Hall–Kier alpha value is -0.910. The third-order valence-electron chi connectivity index (χ3n) is 3.13. The summed E-state index contributed by atoms with van der Waals surface area (Å²) in [5.74, 6) is 0. The van der Waals surface area contributed by atoms with Gasteiger partial charge in [0.15, 0.2) is 5.13 Å². The van der Waals surface area contributed by atoms with E-state index in [1.165, 1.54) is 10.4 Å². The van der Waals surface area contributed by atoms with E-state index in [1.54, 1.807) is 11.3 Å². The van der Waals surface area contributed by atoms with Crippen LogP contribution in [0.15, 0.2) is 28.7 Å². The highest BCUT2D eigenvalue weighted by molar-refractivity contribution is 9.10. The fourth-order valence-electron chi connectivity index (χ4n) is 2.07. The molecule has 20 heavy (non-hydrogen) atoms. The minimum absolute atomic E-state index is 0.579. The lowest BCUT2D eigenvalue weighted by Crippen LogP contribution is -2.16. The van der Waals surface area contributed by atoms with Gasteiger partial charge in [-0.05, 0) is 18.1 Å². The first-order valence-corrected chi connectivity index (χ1v) is 8.39. The number of thiazole rings is 1. The zero-order chi connectivity index (χ0) is 14.5. The molecule has 0 aliphatic heterocycles. The molecule has 0 spiro atoms. The number of nitrogens with two attached hydrogens (primary N) is 1. The van der Waals surface area contributed by atoms with Crippen LogP contribution in [0.25, 0.3) is 0 Å². The van der Waals surface area contributed by atoms with Crippen LogP contribution < -0.4 is 10.6 Å². The van der Waals surface area contributed by atoms with E-state index in [9.17, 15) is 0 Å². The van der Waals surface area contributed by atoms with Gasteiger partial charge in [-0.15, -0.1) is 11.3 Å². The molecule has 0 atom stereocenters. The predicted octanol–water partition coefficient (Wildman–Crippen LogP) is 3.95. The number of halogens is 1. The van der Waals surface area contributed by atoms with E-state index in [0.717, 1.165) is 34.7 Å². The molecule has 0 aliphatic rings. The highest BCUT2D eigenvalue weighted by atomic mass is 79.9. The van der Waals surface area contributed by atoms with Crippen molar-refractivity contribution in [3.05, 3.63) is 44.9 Å². The number of anilines is 1. The van der Waals surface area contributed by atoms with Gasteiger partial charge in [0.2, 0.25) is 0 Å². The van der Waals surface area contributed by atoms with Crippen LogP contribution in [-0.4, -0.2) is 12.0 Å². The van der Waals surface area contributed by atoms with Crippen molar-refractivity contribution >= 4 is 32.4 Å². The van der Waals surface area contributed by atoms with Crippen molar-refractivity contribution in [2.75, 3.05) is 11.9 Å². The van der Waals surface area contributed by atoms with Crippen LogP contribution in [0.4, 0.5) is 5.13 Å². The van der Waals surface area contributed by atoms with E-state index in [2.05, 4.69) is 53.0 Å². The number of rotatable bonds is 6. The number of aromatic nitrogens is 1. The maximum Gasteiger partial charge on any atom is 0.185 e. The molecule has 0 saturated heterocycles. The monoisotopic (exact) mass is 353 g/mol. The largest absolute Gasteiger partial charge is 0.347 e. The molecule has 0 saturated carbocycles. The molecule has 1 heterocycles. The second-order valence-electron chi connectivity index (χ2n) is 4.77. The molecule has 1 aromatic carbocycles. The fourth-order valence-corrected chi connectivity index (χ4v) is 3.43. The van der Waals surface area contributed by atoms with E-state index in [4.69, 9.17) is 10.7 Å². The molecule has 1 aromatic heterocycles. The van der Waals surface area contributed by atoms with E-state index < -0.39 is 0 Å². The number of hydrogen-bond acceptors (Lipinski definition) is 4. The second-order valence-corrected chi connectivity index (χ2v) is 6.68. The van der Waals surface area contributed by atoms with Crippen LogP contribution in [0.3, 0.4) is 0 Å². The number of aryl methyl sites for hydroxylation is 1. The molecule has 2 N–H and O–H groups in total. The van der Waals surface area contributed by atoms with E-state index in [0.29, 0.717) is 6.54 Å². The van der Waals surface area contributed by atoms with E-state index in [-0.39, 0.29) is 0 Å². The summed E-state index contributed by atoms with van der Waals surface area (Å²) in [7, 11) is 2.08. The normalized spacial score (nSPS) is 10.8. The lowest BCUT2D eigenvalue weighted by atomic mass is 10.2. The van der Waals surface area contributed by atoms with Crippen molar-refractivity contribution < 1.29 is 0 Å². The van der Waals surface area contributed by atoms with Gasteiger partial charge in [-0.3, -0.25) is 0 Å². The Bertz CT molecular complexity index is 568. The molecular formula is C15H20BrN3S. The molecule has 0 unspecified atom stereocenters. The topological polar surface area (TPSA) is 42.2 Å². The Kier molecular flexibility index (Phi) is 5.57. The van der Waals surface area contributed by atoms with E-state index >= 15 is 0 Å². The average molecular weight is 354 g/mol.